The predicted molar refractivity (Wildman–Crippen MR) is 107 cm³/mol. The smallest absolute Gasteiger partial charge is 0.341 e. The molecule has 27 heavy (non-hydrogen) atoms. The number of aliphatic carboxylic acids is 1. The molecule has 0 bridgehead atoms. The van der Waals surface area contributed by atoms with Crippen LogP contribution < -0.4 is 4.74 Å². The molecule has 0 saturated carbocycles. The van der Waals surface area contributed by atoms with Crippen LogP contribution in [0.5, 0.6) is 5.75 Å². The molecule has 1 N–H and O–H groups in total. The van der Waals surface area contributed by atoms with Crippen molar-refractivity contribution in [1.82, 2.24) is 4.57 Å². The summed E-state index contributed by atoms with van der Waals surface area (Å²) >= 11 is 6.12. The van der Waals surface area contributed by atoms with E-state index >= 15 is 0 Å². The second-order valence-corrected chi connectivity index (χ2v) is 6.51. The third-order valence-corrected chi connectivity index (χ3v) is 4.34. The van der Waals surface area contributed by atoms with Crippen molar-refractivity contribution in [1.29, 1.82) is 0 Å². The van der Waals surface area contributed by atoms with Gasteiger partial charge in [0.1, 0.15) is 5.75 Å². The Morgan fingerprint density at radius 1 is 1.11 bits per heavy atom. The van der Waals surface area contributed by atoms with Crippen LogP contribution in [0.3, 0.4) is 0 Å². The lowest BCUT2D eigenvalue weighted by molar-refractivity contribution is -0.139. The Labute approximate surface area is 162 Å². The number of carboxylic acids is 1. The lowest BCUT2D eigenvalue weighted by atomic mass is 10.2. The normalized spacial score (nSPS) is 11.1. The maximum absolute atomic E-state index is 10.6. The number of aliphatic imine (C=N–C) groups is 1. The Balaban J connectivity index is 1.72. The van der Waals surface area contributed by atoms with Crippen molar-refractivity contribution in [3.05, 3.63) is 76.6 Å². The van der Waals surface area contributed by atoms with Crippen molar-refractivity contribution >= 4 is 29.5 Å². The second kappa shape index (κ2) is 8.10. The molecule has 0 atom stereocenters. The van der Waals surface area contributed by atoms with Gasteiger partial charge in [0.15, 0.2) is 6.61 Å². The zero-order chi connectivity index (χ0) is 19.4. The summed E-state index contributed by atoms with van der Waals surface area (Å²) in [5.41, 5.74) is 5.08. The lowest BCUT2D eigenvalue weighted by Gasteiger charge is -2.09. The largest absolute Gasteiger partial charge is 0.480 e. The molecule has 0 fully saturated rings. The van der Waals surface area contributed by atoms with Gasteiger partial charge in [0, 0.05) is 23.3 Å². The molecule has 138 valence electrons. The van der Waals surface area contributed by atoms with Crippen LogP contribution >= 0.6 is 11.6 Å². The van der Waals surface area contributed by atoms with Crippen LogP contribution in [0.25, 0.3) is 5.69 Å². The molecule has 0 unspecified atom stereocenters. The minimum absolute atomic E-state index is 0.332. The van der Waals surface area contributed by atoms with Gasteiger partial charge in [-0.15, -0.1) is 0 Å². The third-order valence-electron chi connectivity index (χ3n) is 4.05. The average Bonchev–Trinajstić information content (AvgIpc) is 2.98. The van der Waals surface area contributed by atoms with Gasteiger partial charge in [-0.2, -0.15) is 0 Å². The minimum atomic E-state index is -1.05. The molecule has 5 nitrogen and oxygen atoms in total. The Kier molecular flexibility index (Phi) is 5.62. The number of hydrogen-bond donors (Lipinski definition) is 1. The molecule has 2 aromatic carbocycles. The third kappa shape index (κ3) is 4.57. The molecule has 1 heterocycles. The van der Waals surface area contributed by atoms with E-state index in [9.17, 15) is 4.79 Å². The van der Waals surface area contributed by atoms with E-state index in [0.29, 0.717) is 10.8 Å². The SMILES string of the molecule is Cc1ccc(C)n1-c1ccc(N=Cc2ccc(OCC(=O)O)c(Cl)c2)cc1. The van der Waals surface area contributed by atoms with E-state index in [1.807, 2.05) is 24.3 Å². The standard InChI is InChI=1S/C21H19ClN2O3/c1-14-3-4-15(2)24(14)18-8-6-17(7-9-18)23-12-16-5-10-20(19(22)11-16)27-13-21(25)26/h3-12H,13H2,1-2H3,(H,25,26). The molecule has 1 aromatic heterocycles. The van der Waals surface area contributed by atoms with Gasteiger partial charge in [-0.05, 0) is 74.0 Å². The van der Waals surface area contributed by atoms with E-state index in [2.05, 4.69) is 35.5 Å². The fourth-order valence-corrected chi connectivity index (χ4v) is 3.01. The maximum Gasteiger partial charge on any atom is 0.341 e. The number of carbonyl (C=O) groups is 1. The number of hydrogen-bond acceptors (Lipinski definition) is 3. The number of ether oxygens (including phenoxy) is 1. The summed E-state index contributed by atoms with van der Waals surface area (Å²) in [6.45, 7) is 3.72. The molecule has 0 saturated heterocycles. The fourth-order valence-electron chi connectivity index (χ4n) is 2.77. The van der Waals surface area contributed by atoms with Crippen LogP contribution in [0.1, 0.15) is 17.0 Å². The average molecular weight is 383 g/mol. The number of aryl methyl sites for hydroxylation is 2. The fraction of sp³-hybridized carbons (Fsp3) is 0.143. The maximum atomic E-state index is 10.6. The molecule has 0 amide bonds. The summed E-state index contributed by atoms with van der Waals surface area (Å²) in [5.74, 6) is -0.719. The number of benzene rings is 2. The number of nitrogens with zero attached hydrogens (tertiary/aromatic N) is 2. The van der Waals surface area contributed by atoms with Gasteiger partial charge >= 0.3 is 5.97 Å². The van der Waals surface area contributed by atoms with E-state index in [-0.39, 0.29) is 0 Å². The number of halogens is 1. The monoisotopic (exact) mass is 382 g/mol. The van der Waals surface area contributed by atoms with Gasteiger partial charge in [0.25, 0.3) is 0 Å². The van der Waals surface area contributed by atoms with E-state index in [0.717, 1.165) is 16.9 Å². The highest BCUT2D eigenvalue weighted by Gasteiger charge is 2.05. The number of carboxylic acid groups (broad SMARTS) is 1. The second-order valence-electron chi connectivity index (χ2n) is 6.10. The van der Waals surface area contributed by atoms with Crippen LogP contribution in [-0.4, -0.2) is 28.5 Å². The Morgan fingerprint density at radius 2 is 1.78 bits per heavy atom. The summed E-state index contributed by atoms with van der Waals surface area (Å²) in [5, 5.41) is 8.99. The number of rotatable bonds is 6. The van der Waals surface area contributed by atoms with Crippen molar-refractivity contribution in [2.45, 2.75) is 13.8 Å². The van der Waals surface area contributed by atoms with Crippen LogP contribution in [0, 0.1) is 13.8 Å². The first kappa shape index (κ1) is 18.7. The summed E-state index contributed by atoms with van der Waals surface area (Å²) in [6, 6.07) is 17.2. The summed E-state index contributed by atoms with van der Waals surface area (Å²) in [4.78, 5) is 15.0. The molecular weight excluding hydrogens is 364 g/mol. The zero-order valence-corrected chi connectivity index (χ0v) is 15.8. The summed E-state index contributed by atoms with van der Waals surface area (Å²) < 4.78 is 7.29. The molecule has 3 aromatic rings. The van der Waals surface area contributed by atoms with Crippen LogP contribution in [0.15, 0.2) is 59.6 Å². The molecule has 0 aliphatic heterocycles. The van der Waals surface area contributed by atoms with E-state index < -0.39 is 12.6 Å². The molecule has 0 spiro atoms. The topological polar surface area (TPSA) is 63.8 Å². The first-order valence-electron chi connectivity index (χ1n) is 8.37. The number of aromatic nitrogens is 1. The van der Waals surface area contributed by atoms with Crippen LogP contribution in [0.2, 0.25) is 5.02 Å². The van der Waals surface area contributed by atoms with Crippen molar-refractivity contribution in [2.24, 2.45) is 4.99 Å². The Hall–Kier alpha value is -3.05. The van der Waals surface area contributed by atoms with Crippen LogP contribution in [-0.2, 0) is 4.79 Å². The molecule has 3 rings (SSSR count). The van der Waals surface area contributed by atoms with E-state index in [1.54, 1.807) is 24.4 Å². The Bertz CT molecular complexity index is 972. The van der Waals surface area contributed by atoms with Gasteiger partial charge in [0.2, 0.25) is 0 Å². The summed E-state index contributed by atoms with van der Waals surface area (Å²) in [7, 11) is 0. The van der Waals surface area contributed by atoms with Crippen molar-refractivity contribution < 1.29 is 14.6 Å². The lowest BCUT2D eigenvalue weighted by Crippen LogP contribution is -2.09. The van der Waals surface area contributed by atoms with Gasteiger partial charge in [-0.3, -0.25) is 4.99 Å². The highest BCUT2D eigenvalue weighted by Crippen LogP contribution is 2.25. The minimum Gasteiger partial charge on any atom is -0.480 e. The highest BCUT2D eigenvalue weighted by atomic mass is 35.5. The van der Waals surface area contributed by atoms with Gasteiger partial charge in [-0.1, -0.05) is 11.6 Å². The molecule has 6 heteroatoms. The summed E-state index contributed by atoms with van der Waals surface area (Å²) in [6.07, 6.45) is 1.70. The van der Waals surface area contributed by atoms with Crippen molar-refractivity contribution in [3.63, 3.8) is 0 Å². The van der Waals surface area contributed by atoms with Crippen LogP contribution in [0.4, 0.5) is 5.69 Å². The first-order chi connectivity index (χ1) is 12.9. The van der Waals surface area contributed by atoms with Gasteiger partial charge in [0.05, 0.1) is 10.7 Å². The molecule has 0 aliphatic rings. The van der Waals surface area contributed by atoms with E-state index in [4.69, 9.17) is 21.4 Å². The Morgan fingerprint density at radius 3 is 2.37 bits per heavy atom. The van der Waals surface area contributed by atoms with Crippen molar-refractivity contribution in [3.8, 4) is 11.4 Å². The quantitative estimate of drug-likeness (QED) is 0.613. The van der Waals surface area contributed by atoms with Crippen molar-refractivity contribution in [2.75, 3.05) is 6.61 Å². The van der Waals surface area contributed by atoms with E-state index in [1.165, 1.54) is 11.4 Å². The molecule has 0 aliphatic carbocycles. The van der Waals surface area contributed by atoms with Gasteiger partial charge < -0.3 is 14.4 Å². The molecular formula is C21H19ClN2O3. The molecule has 0 radical (unpaired) electrons. The predicted octanol–water partition coefficient (Wildman–Crippen LogP) is 4.96. The zero-order valence-electron chi connectivity index (χ0n) is 15.0. The highest BCUT2D eigenvalue weighted by molar-refractivity contribution is 6.32. The van der Waals surface area contributed by atoms with Gasteiger partial charge in [-0.25, -0.2) is 4.79 Å². The first-order valence-corrected chi connectivity index (χ1v) is 8.75.